The summed E-state index contributed by atoms with van der Waals surface area (Å²) in [5.41, 5.74) is 9.29. The molecule has 0 spiro atoms. The van der Waals surface area contributed by atoms with Gasteiger partial charge in [-0.15, -0.1) is 0 Å². The van der Waals surface area contributed by atoms with Gasteiger partial charge in [0.25, 0.3) is 0 Å². The number of hydrogen-bond donors (Lipinski definition) is 19. The van der Waals surface area contributed by atoms with Gasteiger partial charge in [-0.2, -0.15) is 0 Å². The molecule has 23 atom stereocenters. The van der Waals surface area contributed by atoms with Crippen LogP contribution in [0.3, 0.4) is 0 Å². The molecule has 1 aromatic heterocycles. The number of carboxylic acids is 1. The summed E-state index contributed by atoms with van der Waals surface area (Å²) in [5, 5.41) is 152. The number of nitrogens with zero attached hydrogens (tertiary/aromatic N) is 1. The highest BCUT2D eigenvalue weighted by molar-refractivity contribution is 6.32. The Morgan fingerprint density at radius 3 is 2.02 bits per heavy atom. The number of benzene rings is 6. The maximum absolute atomic E-state index is 16.6. The molecule has 39 heteroatoms. The topological polar surface area (TPSA) is 587 Å². The number of pyridine rings is 1. The first-order valence-electron chi connectivity index (χ1n) is 40.6. The van der Waals surface area contributed by atoms with Gasteiger partial charge in [0.1, 0.15) is 108 Å². The summed E-state index contributed by atoms with van der Waals surface area (Å²) in [5.74, 6) is -18.5. The number of aryl methyl sites for hydroxylation is 1. The molecular weight excluding hydrogens is 1690 g/mol. The lowest BCUT2D eigenvalue weighted by Gasteiger charge is -2.46. The van der Waals surface area contributed by atoms with Crippen LogP contribution in [0.25, 0.3) is 11.1 Å². The number of ether oxygens (including phenoxy) is 9. The van der Waals surface area contributed by atoms with Crippen LogP contribution in [-0.4, -0.2) is 231 Å². The molecular formula is C87H98Cl2N8O29. The number of carbonyl (C=O) groups is 8. The highest BCUT2D eigenvalue weighted by Crippen LogP contribution is 2.51. The number of Topliss-reactive ketones (excluding diaryl/α,β-unsaturated/α-hetero) is 2. The van der Waals surface area contributed by atoms with Gasteiger partial charge in [-0.05, 0) is 153 Å². The number of aliphatic hydroxyl groups is 8. The van der Waals surface area contributed by atoms with E-state index in [1.54, 1.807) is 42.6 Å². The Labute approximate surface area is 730 Å². The zero-order chi connectivity index (χ0) is 90.8. The van der Waals surface area contributed by atoms with Crippen molar-refractivity contribution in [3.63, 3.8) is 0 Å². The number of aromatic nitrogens is 1. The molecule has 5 amide bonds. The van der Waals surface area contributed by atoms with Gasteiger partial charge < -0.3 is 142 Å². The average Bonchev–Trinajstić information content (AvgIpc) is 0.758. The van der Waals surface area contributed by atoms with Gasteiger partial charge in [0.2, 0.25) is 47.5 Å². The Hall–Kier alpha value is -10.8. The molecule has 126 heavy (non-hydrogen) atoms. The molecule has 0 aliphatic carbocycles. The summed E-state index contributed by atoms with van der Waals surface area (Å²) in [6, 6.07) is 16.7. The first-order valence-corrected chi connectivity index (χ1v) is 41.4. The number of likely N-dealkylation sites (N-methyl/N-ethyl adjacent to an activating group) is 1. The summed E-state index contributed by atoms with van der Waals surface area (Å²) in [7, 11) is 1.48. The number of aromatic hydroxyl groups is 3. The van der Waals surface area contributed by atoms with Gasteiger partial charge in [-0.25, -0.2) is 9.78 Å². The minimum Gasteiger partial charge on any atom is -0.508 e. The molecule has 21 N–H and O–H groups in total. The number of rotatable bonds is 21. The number of halogens is 2. The SMILES string of the molecule is CN[C@H](CC(C)C)C(=O)NC1C(=O)C[C@@H](CC(N)=O)C(=O)N[C@H]2C(=O)C[C@H]3C(=O)N[C@H](C(=O)N[C@@H](C(=O)O)c4cc(O)cc(O)c4-c4cc3ccc4O)[C@H](OC3C[C@](C)(N)[C@@H](O)[C@H](C)O3)c3ccc(c(Cl)c3)Oc3cc2cc(c3O[C@@H]2O[C@H](CO)[C@@H](O[C@@H]3O[C@H](CCCc4cccc(Oc5ccccn5)c4)[C@H](O)[C@H](O)[C@H]3O)[C@H](O)[C@H]2O)Oc2ccc(cc2Cl)[C@H]1O. The highest BCUT2D eigenvalue weighted by Gasteiger charge is 2.53. The molecule has 37 nitrogen and oxygen atoms in total. The fraction of sp³-hybridized carbons (Fsp3) is 0.437. The molecule has 8 aliphatic heterocycles. The minimum absolute atomic E-state index is 0.0480. The average molecular weight is 1790 g/mol. The summed E-state index contributed by atoms with van der Waals surface area (Å²) in [4.78, 5) is 125. The minimum atomic E-state index is -2.34. The molecule has 15 rings (SSSR count). The number of fused-ring (bicyclic) bond motifs is 15. The molecule has 2 unspecified atom stereocenters. The molecule has 3 fully saturated rings. The first kappa shape index (κ1) is 92.9. The number of primary amides is 1. The number of phenolic OH excluding ortho intramolecular Hbond substituents is 3. The number of phenols is 3. The van der Waals surface area contributed by atoms with E-state index in [9.17, 15) is 75.7 Å². The van der Waals surface area contributed by atoms with Crippen molar-refractivity contribution in [3.05, 3.63) is 171 Å². The van der Waals surface area contributed by atoms with Gasteiger partial charge in [0.15, 0.2) is 41.7 Å². The third-order valence-corrected chi connectivity index (χ3v) is 23.6. The second-order valence-corrected chi connectivity index (χ2v) is 33.6. The quantitative estimate of drug-likeness (QED) is 0.0481. The van der Waals surface area contributed by atoms with E-state index in [1.807, 2.05) is 19.9 Å². The van der Waals surface area contributed by atoms with Crippen molar-refractivity contribution in [1.82, 2.24) is 31.6 Å². The lowest BCUT2D eigenvalue weighted by Crippen LogP contribution is -2.64. The normalized spacial score (nSPS) is 29.7. The van der Waals surface area contributed by atoms with E-state index < -0.39 is 280 Å². The Morgan fingerprint density at radius 2 is 1.37 bits per heavy atom. The fourth-order valence-electron chi connectivity index (χ4n) is 16.4. The molecule has 7 aromatic rings. The maximum atomic E-state index is 16.6. The highest BCUT2D eigenvalue weighted by atomic mass is 35.5. The molecule has 6 aromatic carbocycles. The Kier molecular flexibility index (Phi) is 28.9. The number of amides is 5. The zero-order valence-electron chi connectivity index (χ0n) is 68.4. The molecule has 11 bridgehead atoms. The van der Waals surface area contributed by atoms with Crippen molar-refractivity contribution < 1.29 is 142 Å². The number of carboxylic acid groups (broad SMARTS) is 1. The summed E-state index contributed by atoms with van der Waals surface area (Å²) >= 11 is 14.5. The number of nitrogens with one attached hydrogen (secondary N) is 5. The molecule has 0 radical (unpaired) electrons. The van der Waals surface area contributed by atoms with E-state index in [-0.39, 0.29) is 52.6 Å². The van der Waals surface area contributed by atoms with Gasteiger partial charge in [-0.3, -0.25) is 33.6 Å². The van der Waals surface area contributed by atoms with E-state index in [2.05, 4.69) is 31.6 Å². The van der Waals surface area contributed by atoms with Crippen molar-refractivity contribution in [1.29, 1.82) is 0 Å². The Balaban J connectivity index is 0.963. The van der Waals surface area contributed by atoms with E-state index in [0.717, 1.165) is 60.2 Å². The van der Waals surface area contributed by atoms with Crippen LogP contribution in [0.5, 0.6) is 57.6 Å². The van der Waals surface area contributed by atoms with Crippen molar-refractivity contribution in [2.75, 3.05) is 13.7 Å². The predicted molar refractivity (Wildman–Crippen MR) is 441 cm³/mol. The molecule has 0 saturated carbocycles. The summed E-state index contributed by atoms with van der Waals surface area (Å²) in [6.45, 7) is 5.50. The Bertz CT molecular complexity index is 5230. The largest absolute Gasteiger partial charge is 0.508 e. The van der Waals surface area contributed by atoms with Gasteiger partial charge in [0, 0.05) is 66.2 Å². The number of aliphatic hydroxyl groups excluding tert-OH is 8. The van der Waals surface area contributed by atoms with Crippen LogP contribution in [0.15, 0.2) is 128 Å². The molecule has 674 valence electrons. The van der Waals surface area contributed by atoms with E-state index in [1.165, 1.54) is 45.2 Å². The second kappa shape index (κ2) is 39.2. The number of carbonyl (C=O) groups excluding carboxylic acids is 7. The van der Waals surface area contributed by atoms with Crippen LogP contribution in [0.4, 0.5) is 0 Å². The lowest BCUT2D eigenvalue weighted by molar-refractivity contribution is -0.351. The van der Waals surface area contributed by atoms with E-state index in [4.69, 9.17) is 77.3 Å². The van der Waals surface area contributed by atoms with Crippen LogP contribution in [0.2, 0.25) is 10.0 Å². The molecule has 3 saturated heterocycles. The third kappa shape index (κ3) is 20.6. The van der Waals surface area contributed by atoms with Crippen LogP contribution >= 0.6 is 23.2 Å². The van der Waals surface area contributed by atoms with Crippen LogP contribution in [0.1, 0.15) is 136 Å². The third-order valence-electron chi connectivity index (χ3n) is 23.0. The van der Waals surface area contributed by atoms with Crippen molar-refractivity contribution >= 4 is 70.3 Å². The zero-order valence-corrected chi connectivity index (χ0v) is 69.9. The number of hydrogen-bond acceptors (Lipinski definition) is 31. The number of aliphatic carboxylic acids is 1. The van der Waals surface area contributed by atoms with Crippen molar-refractivity contribution in [2.45, 2.75) is 213 Å². The van der Waals surface area contributed by atoms with Crippen molar-refractivity contribution in [3.8, 4) is 68.8 Å². The van der Waals surface area contributed by atoms with Crippen LogP contribution < -0.4 is 57.0 Å². The van der Waals surface area contributed by atoms with E-state index >= 15 is 24.0 Å². The van der Waals surface area contributed by atoms with Gasteiger partial charge in [-0.1, -0.05) is 73.4 Å². The monoisotopic (exact) mass is 1790 g/mol. The number of nitrogens with two attached hydrogens (primary N) is 2. The fourth-order valence-corrected chi connectivity index (χ4v) is 16.8. The maximum Gasteiger partial charge on any atom is 0.330 e. The predicted octanol–water partition coefficient (Wildman–Crippen LogP) is 4.12. The van der Waals surface area contributed by atoms with Gasteiger partial charge in [0.05, 0.1) is 52.8 Å². The molecule has 8 aliphatic rings. The summed E-state index contributed by atoms with van der Waals surface area (Å²) < 4.78 is 57.4. The van der Waals surface area contributed by atoms with E-state index in [0.29, 0.717) is 24.5 Å². The van der Waals surface area contributed by atoms with Gasteiger partial charge >= 0.3 is 5.97 Å². The Morgan fingerprint density at radius 1 is 0.690 bits per heavy atom. The molecule has 9 heterocycles. The second-order valence-electron chi connectivity index (χ2n) is 32.7. The smallest absolute Gasteiger partial charge is 0.330 e. The van der Waals surface area contributed by atoms with Crippen LogP contribution in [-0.2, 0) is 68.5 Å². The van der Waals surface area contributed by atoms with Crippen molar-refractivity contribution in [2.24, 2.45) is 23.3 Å². The number of ketones is 2. The van der Waals surface area contributed by atoms with Crippen LogP contribution in [0, 0.1) is 11.8 Å². The standard InChI is InChI=1S/C87H98Cl2N8O29/c1-36(2)22-51(92-5)82(114)96-68-54(102)27-43(30-62(90)104)80(112)94-66-42-28-59(120-56-19-16-40(70(68)105)25-49(56)88)77(125-86-75(110)73(108)78(61(35-98)123-86)126-85-74(109)72(107)71(106)58(122-85)13-9-11-38-10-8-12-45(23-38)119-63-14-6-7-21-93-63)60(29-42)121-57-20-17-41(26-50(57)89)76(124-64-34-87(4,91)79(111)37(3)118-64)69-83(115)95-67(84(116)117)48-31-44(99)32-53(101)65(48)47-24-39(15-18-52(47)100)46(33-55(66)103)81(113)97-69/h6-8,10,12,14-21,23-26,28-29,31-32,36-37,43,46,51,58,61,64,66-76,78-79,85-86,92,98-101,105-111H,9,11,13,22,27,30,33-35,91H2,1-5H3,(H2,90,104)(H,94,112)(H,95,115)(H,96,114)(H,97,113)(H,116,117)/t37-,43-,46+,51+,58+,61+,64?,66+,67+,68?,69-,70+,71-,72-,73+,74+,75+,76+,78+,79-,85-,86-,87-/m0/s1. The first-order chi connectivity index (χ1) is 59.9. The lowest BCUT2D eigenvalue weighted by atomic mass is 9.84. The summed E-state index contributed by atoms with van der Waals surface area (Å²) in [6.07, 6.45) is -28.3.